The van der Waals surface area contributed by atoms with Gasteiger partial charge in [0.15, 0.2) is 0 Å². The van der Waals surface area contributed by atoms with E-state index >= 15 is 0 Å². The summed E-state index contributed by atoms with van der Waals surface area (Å²) in [7, 11) is -3.96. The molecule has 5 nitrogen and oxygen atoms in total. The number of hydrogen-bond donors (Lipinski definition) is 2. The van der Waals surface area contributed by atoms with Gasteiger partial charge < -0.3 is 5.32 Å². The Morgan fingerprint density at radius 2 is 1.28 bits per heavy atom. The zero-order valence-corrected chi connectivity index (χ0v) is 18.3. The lowest BCUT2D eigenvalue weighted by molar-refractivity contribution is 0.102. The Morgan fingerprint density at radius 3 is 1.90 bits per heavy atom. The number of carbonyl (C=O) groups is 1. The Kier molecular flexibility index (Phi) is 6.61. The van der Waals surface area contributed by atoms with Gasteiger partial charge in [-0.1, -0.05) is 46.4 Å². The van der Waals surface area contributed by atoms with Crippen LogP contribution in [0, 0.1) is 0 Å². The molecule has 0 aliphatic rings. The van der Waals surface area contributed by atoms with Crippen molar-refractivity contribution in [2.45, 2.75) is 4.90 Å². The number of benzene rings is 3. The van der Waals surface area contributed by atoms with E-state index in [9.17, 15) is 13.2 Å². The van der Waals surface area contributed by atoms with Crippen molar-refractivity contribution in [3.05, 3.63) is 86.3 Å². The van der Waals surface area contributed by atoms with E-state index in [1.165, 1.54) is 54.6 Å². The Hall–Kier alpha value is -1.96. The summed E-state index contributed by atoms with van der Waals surface area (Å²) in [5.41, 5.74) is 0.376. The molecule has 0 spiro atoms. The van der Waals surface area contributed by atoms with Crippen molar-refractivity contribution in [2.75, 3.05) is 10.0 Å². The highest BCUT2D eigenvalue weighted by molar-refractivity contribution is 7.92. The number of hydrogen-bond acceptors (Lipinski definition) is 3. The van der Waals surface area contributed by atoms with Crippen LogP contribution in [0.25, 0.3) is 0 Å². The van der Waals surface area contributed by atoms with Gasteiger partial charge in [-0.2, -0.15) is 0 Å². The molecule has 0 aliphatic carbocycles. The molecule has 0 fully saturated rings. The Labute approximate surface area is 187 Å². The van der Waals surface area contributed by atoms with Crippen LogP contribution >= 0.6 is 46.4 Å². The van der Waals surface area contributed by atoms with E-state index < -0.39 is 15.9 Å². The van der Waals surface area contributed by atoms with E-state index in [2.05, 4.69) is 10.0 Å². The number of sulfonamides is 1. The highest BCUT2D eigenvalue weighted by Gasteiger charge is 2.20. The molecule has 0 atom stereocenters. The van der Waals surface area contributed by atoms with Gasteiger partial charge >= 0.3 is 0 Å². The quantitative estimate of drug-likeness (QED) is 0.438. The standard InChI is InChI=1S/C19H12Cl4N2O3S/c20-11-1-5-14(6-2-11)29(27,28)25-17-7-3-12(21)9-15(17)19(26)24-18-8-4-13(22)10-16(18)23/h1-10,25H,(H,24,26). The molecule has 0 saturated carbocycles. The molecule has 3 rings (SSSR count). The number of carbonyl (C=O) groups excluding carboxylic acids is 1. The maximum atomic E-state index is 12.8. The first-order valence-electron chi connectivity index (χ1n) is 8.00. The van der Waals surface area contributed by atoms with Gasteiger partial charge in [-0.15, -0.1) is 0 Å². The van der Waals surface area contributed by atoms with Crippen LogP contribution in [0.3, 0.4) is 0 Å². The maximum Gasteiger partial charge on any atom is 0.261 e. The summed E-state index contributed by atoms with van der Waals surface area (Å²) < 4.78 is 27.7. The average molecular weight is 490 g/mol. The number of halogens is 4. The minimum Gasteiger partial charge on any atom is -0.321 e. The average Bonchev–Trinajstić information content (AvgIpc) is 2.65. The second-order valence-electron chi connectivity index (χ2n) is 5.83. The topological polar surface area (TPSA) is 75.3 Å². The second-order valence-corrected chi connectivity index (χ2v) is 9.23. The van der Waals surface area contributed by atoms with Crippen LogP contribution in [0.1, 0.15) is 10.4 Å². The SMILES string of the molecule is O=C(Nc1ccc(Cl)cc1Cl)c1cc(Cl)ccc1NS(=O)(=O)c1ccc(Cl)cc1. The number of amides is 1. The van der Waals surface area contributed by atoms with E-state index in [0.717, 1.165) is 0 Å². The fourth-order valence-corrected chi connectivity index (χ4v) is 4.22. The molecule has 0 heterocycles. The van der Waals surface area contributed by atoms with Crippen molar-refractivity contribution < 1.29 is 13.2 Å². The zero-order valence-electron chi connectivity index (χ0n) is 14.4. The predicted molar refractivity (Wildman–Crippen MR) is 118 cm³/mol. The molecule has 3 aromatic rings. The normalized spacial score (nSPS) is 11.2. The third-order valence-corrected chi connectivity index (χ3v) is 6.19. The van der Waals surface area contributed by atoms with Gasteiger partial charge in [-0.3, -0.25) is 9.52 Å². The predicted octanol–water partition coefficient (Wildman–Crippen LogP) is 6.35. The molecular weight excluding hydrogens is 478 g/mol. The molecule has 0 aromatic heterocycles. The summed E-state index contributed by atoms with van der Waals surface area (Å²) in [6, 6.07) is 14.4. The van der Waals surface area contributed by atoms with Crippen LogP contribution < -0.4 is 10.0 Å². The van der Waals surface area contributed by atoms with Crippen LogP contribution in [-0.4, -0.2) is 14.3 Å². The molecule has 0 saturated heterocycles. The van der Waals surface area contributed by atoms with Crippen molar-refractivity contribution in [1.82, 2.24) is 0 Å². The molecule has 0 bridgehead atoms. The van der Waals surface area contributed by atoms with Crippen LogP contribution in [0.2, 0.25) is 20.1 Å². The minimum absolute atomic E-state index is 0.0102. The number of anilines is 2. The first-order chi connectivity index (χ1) is 13.7. The van der Waals surface area contributed by atoms with E-state index in [1.54, 1.807) is 6.07 Å². The lowest BCUT2D eigenvalue weighted by Crippen LogP contribution is -2.19. The zero-order chi connectivity index (χ0) is 21.2. The van der Waals surface area contributed by atoms with Crippen LogP contribution in [0.5, 0.6) is 0 Å². The maximum absolute atomic E-state index is 12.8. The van der Waals surface area contributed by atoms with Crippen LogP contribution in [-0.2, 0) is 10.0 Å². The Bertz CT molecular complexity index is 1180. The first-order valence-corrected chi connectivity index (χ1v) is 11.0. The van der Waals surface area contributed by atoms with Crippen molar-refractivity contribution in [3.8, 4) is 0 Å². The molecule has 0 radical (unpaired) electrons. The van der Waals surface area contributed by atoms with Gasteiger partial charge in [0.25, 0.3) is 15.9 Å². The van der Waals surface area contributed by atoms with Gasteiger partial charge in [0.2, 0.25) is 0 Å². The molecule has 3 aromatic carbocycles. The van der Waals surface area contributed by atoms with E-state index in [4.69, 9.17) is 46.4 Å². The van der Waals surface area contributed by atoms with Gasteiger partial charge in [0.05, 0.1) is 26.9 Å². The summed E-state index contributed by atoms with van der Waals surface area (Å²) in [5.74, 6) is -0.606. The first kappa shape index (κ1) is 21.7. The van der Waals surface area contributed by atoms with Gasteiger partial charge in [0, 0.05) is 15.1 Å². The smallest absolute Gasteiger partial charge is 0.261 e. The Morgan fingerprint density at radius 1 is 0.724 bits per heavy atom. The highest BCUT2D eigenvalue weighted by atomic mass is 35.5. The monoisotopic (exact) mass is 488 g/mol. The number of rotatable bonds is 5. The van der Waals surface area contributed by atoms with Gasteiger partial charge in [0.1, 0.15) is 0 Å². The van der Waals surface area contributed by atoms with E-state index in [1.807, 2.05) is 0 Å². The van der Waals surface area contributed by atoms with Crippen LogP contribution in [0.15, 0.2) is 65.6 Å². The fourth-order valence-electron chi connectivity index (χ4n) is 2.39. The highest BCUT2D eigenvalue weighted by Crippen LogP contribution is 2.28. The molecule has 29 heavy (non-hydrogen) atoms. The third kappa shape index (κ3) is 5.35. The molecule has 0 unspecified atom stereocenters. The van der Waals surface area contributed by atoms with Crippen molar-refractivity contribution in [2.24, 2.45) is 0 Å². The largest absolute Gasteiger partial charge is 0.321 e. The summed E-state index contributed by atoms with van der Waals surface area (Å²) in [4.78, 5) is 12.8. The molecule has 10 heteroatoms. The van der Waals surface area contributed by atoms with Crippen LogP contribution in [0.4, 0.5) is 11.4 Å². The molecular formula is C19H12Cl4N2O3S. The molecule has 150 valence electrons. The summed E-state index contributed by atoms with van der Waals surface area (Å²) in [6.07, 6.45) is 0. The van der Waals surface area contributed by atoms with Crippen molar-refractivity contribution in [1.29, 1.82) is 0 Å². The lowest BCUT2D eigenvalue weighted by atomic mass is 10.1. The van der Waals surface area contributed by atoms with Gasteiger partial charge in [-0.25, -0.2) is 8.42 Å². The third-order valence-electron chi connectivity index (χ3n) is 3.77. The summed E-state index contributed by atoms with van der Waals surface area (Å²) >= 11 is 23.8. The lowest BCUT2D eigenvalue weighted by Gasteiger charge is -2.14. The van der Waals surface area contributed by atoms with Crippen molar-refractivity contribution in [3.63, 3.8) is 0 Å². The van der Waals surface area contributed by atoms with Crippen molar-refractivity contribution >= 4 is 73.7 Å². The second kappa shape index (κ2) is 8.81. The molecule has 0 aliphatic heterocycles. The van der Waals surface area contributed by atoms with E-state index in [-0.39, 0.29) is 26.2 Å². The summed E-state index contributed by atoms with van der Waals surface area (Å²) in [5, 5.41) is 3.91. The van der Waals surface area contributed by atoms with Gasteiger partial charge in [-0.05, 0) is 60.7 Å². The molecule has 2 N–H and O–H groups in total. The molecule has 1 amide bonds. The summed E-state index contributed by atoms with van der Waals surface area (Å²) in [6.45, 7) is 0. The van der Waals surface area contributed by atoms with E-state index in [0.29, 0.717) is 15.7 Å². The Balaban J connectivity index is 1.93. The minimum atomic E-state index is -3.96. The fraction of sp³-hybridized carbons (Fsp3) is 0. The number of nitrogens with one attached hydrogen (secondary N) is 2.